The van der Waals surface area contributed by atoms with Crippen LogP contribution in [0.3, 0.4) is 0 Å². The van der Waals surface area contributed by atoms with Crippen molar-refractivity contribution in [3.05, 3.63) is 78.0 Å². The van der Waals surface area contributed by atoms with Gasteiger partial charge in [0.05, 0.1) is 13.2 Å². The molecular formula is C18H19NO. The molecule has 2 aromatic carbocycles. The molecule has 0 unspecified atom stereocenters. The third kappa shape index (κ3) is 3.09. The van der Waals surface area contributed by atoms with Crippen molar-refractivity contribution in [3.63, 3.8) is 0 Å². The quantitative estimate of drug-likeness (QED) is 0.843. The highest BCUT2D eigenvalue weighted by Crippen LogP contribution is 2.24. The van der Waals surface area contributed by atoms with Gasteiger partial charge in [-0.1, -0.05) is 60.7 Å². The average Bonchev–Trinajstić information content (AvgIpc) is 2.55. The first-order chi connectivity index (χ1) is 9.93. The maximum absolute atomic E-state index is 5.42. The van der Waals surface area contributed by atoms with Crippen LogP contribution < -0.4 is 0 Å². The van der Waals surface area contributed by atoms with Crippen LogP contribution in [0.2, 0.25) is 0 Å². The number of nitrogens with zero attached hydrogens (tertiary/aromatic N) is 1. The van der Waals surface area contributed by atoms with E-state index in [1.165, 1.54) is 16.7 Å². The largest absolute Gasteiger partial charge is 0.378 e. The van der Waals surface area contributed by atoms with Crippen molar-refractivity contribution < 1.29 is 4.74 Å². The molecule has 0 spiro atoms. The Morgan fingerprint density at radius 2 is 1.30 bits per heavy atom. The van der Waals surface area contributed by atoms with Gasteiger partial charge in [-0.15, -0.1) is 0 Å². The highest BCUT2D eigenvalue weighted by atomic mass is 16.5. The molecule has 0 amide bonds. The van der Waals surface area contributed by atoms with Crippen molar-refractivity contribution in [2.75, 3.05) is 26.3 Å². The van der Waals surface area contributed by atoms with Crippen molar-refractivity contribution in [3.8, 4) is 0 Å². The van der Waals surface area contributed by atoms with Crippen molar-refractivity contribution in [1.29, 1.82) is 0 Å². The monoisotopic (exact) mass is 265 g/mol. The lowest BCUT2D eigenvalue weighted by molar-refractivity contribution is 0.0596. The number of hydrogen-bond acceptors (Lipinski definition) is 2. The fourth-order valence-corrected chi connectivity index (χ4v) is 2.44. The van der Waals surface area contributed by atoms with Crippen molar-refractivity contribution in [2.45, 2.75) is 0 Å². The molecular weight excluding hydrogens is 246 g/mol. The lowest BCUT2D eigenvalue weighted by atomic mass is 9.99. The van der Waals surface area contributed by atoms with E-state index in [4.69, 9.17) is 4.74 Å². The van der Waals surface area contributed by atoms with Gasteiger partial charge in [-0.2, -0.15) is 0 Å². The first-order valence-electron chi connectivity index (χ1n) is 7.08. The lowest BCUT2D eigenvalue weighted by Crippen LogP contribution is -2.32. The van der Waals surface area contributed by atoms with E-state index in [0.29, 0.717) is 0 Å². The third-order valence-electron chi connectivity index (χ3n) is 3.53. The summed E-state index contributed by atoms with van der Waals surface area (Å²) in [5.41, 5.74) is 3.78. The van der Waals surface area contributed by atoms with Gasteiger partial charge in [-0.05, 0) is 11.1 Å². The van der Waals surface area contributed by atoms with Gasteiger partial charge in [0.15, 0.2) is 0 Å². The summed E-state index contributed by atoms with van der Waals surface area (Å²) in [6.45, 7) is 3.55. The minimum absolute atomic E-state index is 0.813. The Balaban J connectivity index is 1.97. The molecule has 1 aliphatic heterocycles. The summed E-state index contributed by atoms with van der Waals surface area (Å²) in [5, 5.41) is 0. The molecule has 0 aliphatic carbocycles. The SMILES string of the molecule is C(=C(c1ccccc1)c1ccccc1)N1CCOCC1. The van der Waals surface area contributed by atoms with E-state index in [1.54, 1.807) is 0 Å². The predicted octanol–water partition coefficient (Wildman–Crippen LogP) is 3.41. The van der Waals surface area contributed by atoms with E-state index in [9.17, 15) is 0 Å². The maximum atomic E-state index is 5.42. The molecule has 0 saturated carbocycles. The maximum Gasteiger partial charge on any atom is 0.0642 e. The van der Waals surface area contributed by atoms with Gasteiger partial charge in [0.2, 0.25) is 0 Å². The molecule has 2 aromatic rings. The van der Waals surface area contributed by atoms with Gasteiger partial charge in [0, 0.05) is 24.9 Å². The van der Waals surface area contributed by atoms with E-state index in [1.807, 2.05) is 0 Å². The first kappa shape index (κ1) is 12.9. The van der Waals surface area contributed by atoms with E-state index in [2.05, 4.69) is 71.8 Å². The van der Waals surface area contributed by atoms with Crippen LogP contribution in [0.15, 0.2) is 66.9 Å². The van der Waals surface area contributed by atoms with Crippen LogP contribution in [0.25, 0.3) is 5.57 Å². The smallest absolute Gasteiger partial charge is 0.0642 e. The number of benzene rings is 2. The van der Waals surface area contributed by atoms with Crippen LogP contribution in [0.5, 0.6) is 0 Å². The van der Waals surface area contributed by atoms with E-state index >= 15 is 0 Å². The Morgan fingerprint density at radius 1 is 0.800 bits per heavy atom. The summed E-state index contributed by atoms with van der Waals surface area (Å²) >= 11 is 0. The molecule has 3 rings (SSSR count). The zero-order chi connectivity index (χ0) is 13.6. The van der Waals surface area contributed by atoms with Crippen LogP contribution in [-0.2, 0) is 4.74 Å². The Hall–Kier alpha value is -2.06. The van der Waals surface area contributed by atoms with Gasteiger partial charge in [-0.25, -0.2) is 0 Å². The fourth-order valence-electron chi connectivity index (χ4n) is 2.44. The second kappa shape index (κ2) is 6.40. The number of hydrogen-bond donors (Lipinski definition) is 0. The molecule has 0 radical (unpaired) electrons. The number of morpholine rings is 1. The second-order valence-corrected chi connectivity index (χ2v) is 4.92. The van der Waals surface area contributed by atoms with Gasteiger partial charge in [-0.3, -0.25) is 0 Å². The minimum Gasteiger partial charge on any atom is -0.378 e. The molecule has 102 valence electrons. The van der Waals surface area contributed by atoms with Crippen LogP contribution >= 0.6 is 0 Å². The van der Waals surface area contributed by atoms with Gasteiger partial charge in [0.25, 0.3) is 0 Å². The first-order valence-corrected chi connectivity index (χ1v) is 7.08. The Morgan fingerprint density at radius 3 is 1.80 bits per heavy atom. The van der Waals surface area contributed by atoms with Crippen molar-refractivity contribution in [2.24, 2.45) is 0 Å². The molecule has 1 aliphatic rings. The van der Waals surface area contributed by atoms with Crippen LogP contribution in [-0.4, -0.2) is 31.2 Å². The fraction of sp³-hybridized carbons (Fsp3) is 0.222. The summed E-state index contributed by atoms with van der Waals surface area (Å²) in [7, 11) is 0. The topological polar surface area (TPSA) is 12.5 Å². The Kier molecular flexibility index (Phi) is 4.14. The second-order valence-electron chi connectivity index (χ2n) is 4.92. The van der Waals surface area contributed by atoms with Crippen LogP contribution in [0.4, 0.5) is 0 Å². The number of rotatable bonds is 3. The van der Waals surface area contributed by atoms with Gasteiger partial charge >= 0.3 is 0 Å². The molecule has 1 saturated heterocycles. The van der Waals surface area contributed by atoms with Crippen LogP contribution in [0, 0.1) is 0 Å². The normalized spacial score (nSPS) is 14.9. The third-order valence-corrected chi connectivity index (χ3v) is 3.53. The van der Waals surface area contributed by atoms with Gasteiger partial charge in [0.1, 0.15) is 0 Å². The zero-order valence-corrected chi connectivity index (χ0v) is 11.5. The Bertz CT molecular complexity index is 515. The highest BCUT2D eigenvalue weighted by molar-refractivity contribution is 5.79. The summed E-state index contributed by atoms with van der Waals surface area (Å²) in [4.78, 5) is 2.35. The summed E-state index contributed by atoms with van der Waals surface area (Å²) in [5.74, 6) is 0. The molecule has 2 nitrogen and oxygen atoms in total. The van der Waals surface area contributed by atoms with Crippen molar-refractivity contribution >= 4 is 5.57 Å². The molecule has 0 atom stereocenters. The molecule has 0 N–H and O–H groups in total. The summed E-state index contributed by atoms with van der Waals surface area (Å²) in [6.07, 6.45) is 2.27. The standard InChI is InChI=1S/C18H19NO/c1-3-7-16(8-4-1)18(17-9-5-2-6-10-17)15-19-11-13-20-14-12-19/h1-10,15H,11-14H2. The molecule has 0 bridgehead atoms. The van der Waals surface area contributed by atoms with Gasteiger partial charge < -0.3 is 9.64 Å². The zero-order valence-electron chi connectivity index (χ0n) is 11.5. The highest BCUT2D eigenvalue weighted by Gasteiger charge is 2.10. The molecule has 20 heavy (non-hydrogen) atoms. The van der Waals surface area contributed by atoms with E-state index in [0.717, 1.165) is 26.3 Å². The van der Waals surface area contributed by atoms with E-state index < -0.39 is 0 Å². The minimum atomic E-state index is 0.813. The number of ether oxygens (including phenoxy) is 1. The molecule has 1 fully saturated rings. The molecule has 2 heteroatoms. The predicted molar refractivity (Wildman–Crippen MR) is 82.4 cm³/mol. The van der Waals surface area contributed by atoms with Crippen LogP contribution in [0.1, 0.15) is 11.1 Å². The van der Waals surface area contributed by atoms with Crippen molar-refractivity contribution in [1.82, 2.24) is 4.90 Å². The lowest BCUT2D eigenvalue weighted by Gasteiger charge is -2.26. The summed E-state index contributed by atoms with van der Waals surface area (Å²) in [6, 6.07) is 21.1. The molecule has 1 heterocycles. The molecule has 0 aromatic heterocycles. The average molecular weight is 265 g/mol. The Labute approximate surface area is 120 Å². The summed E-state index contributed by atoms with van der Waals surface area (Å²) < 4.78 is 5.42. The van der Waals surface area contributed by atoms with E-state index in [-0.39, 0.29) is 0 Å².